The van der Waals surface area contributed by atoms with Crippen molar-refractivity contribution in [1.82, 2.24) is 9.29 Å². The zero-order chi connectivity index (χ0) is 23.8. The van der Waals surface area contributed by atoms with E-state index in [-0.39, 0.29) is 41.2 Å². The zero-order valence-electron chi connectivity index (χ0n) is 17.4. The first-order valence-electron chi connectivity index (χ1n) is 9.88. The number of benzene rings is 2. The number of carbonyl (C=O) groups is 1. The Bertz CT molecular complexity index is 1320. The van der Waals surface area contributed by atoms with Crippen LogP contribution in [0.3, 0.4) is 0 Å². The molecule has 0 atom stereocenters. The van der Waals surface area contributed by atoms with Crippen molar-refractivity contribution in [3.63, 3.8) is 0 Å². The van der Waals surface area contributed by atoms with Gasteiger partial charge in [0, 0.05) is 30.1 Å². The van der Waals surface area contributed by atoms with E-state index in [1.807, 2.05) is 0 Å². The summed E-state index contributed by atoms with van der Waals surface area (Å²) >= 11 is 6.95. The molecular weight excluding hydrogens is 492 g/mol. The van der Waals surface area contributed by atoms with Crippen molar-refractivity contribution in [3.05, 3.63) is 51.5 Å². The number of piperidine rings is 1. The SMILES string of the molecule is COc1cc([N+](=O)[O-])cc2sc(NC(=O)C3CCN(S(=O)(=O)c4ccc(Cl)cc4)CC3)nc12. The number of non-ortho nitro benzene ring substituents is 1. The summed E-state index contributed by atoms with van der Waals surface area (Å²) in [6.45, 7) is 0.422. The fourth-order valence-electron chi connectivity index (χ4n) is 3.62. The maximum absolute atomic E-state index is 12.8. The molecule has 4 rings (SSSR count). The number of hydrogen-bond donors (Lipinski definition) is 1. The molecule has 0 saturated carbocycles. The van der Waals surface area contributed by atoms with Crippen LogP contribution in [0.5, 0.6) is 5.75 Å². The molecule has 1 aliphatic rings. The predicted octanol–water partition coefficient (Wildman–Crippen LogP) is 3.91. The molecule has 2 heterocycles. The molecular formula is C20H19ClN4O6S2. The van der Waals surface area contributed by atoms with Gasteiger partial charge in [0.1, 0.15) is 5.52 Å². The number of thiazole rings is 1. The van der Waals surface area contributed by atoms with Gasteiger partial charge in [-0.1, -0.05) is 22.9 Å². The molecule has 0 unspecified atom stereocenters. The van der Waals surface area contributed by atoms with Crippen LogP contribution in [0.15, 0.2) is 41.3 Å². The maximum atomic E-state index is 12.8. The minimum Gasteiger partial charge on any atom is -0.494 e. The molecule has 1 N–H and O–H groups in total. The molecule has 1 fully saturated rings. The van der Waals surface area contributed by atoms with Crippen LogP contribution in [0.2, 0.25) is 5.02 Å². The third-order valence-electron chi connectivity index (χ3n) is 5.38. The third kappa shape index (κ3) is 4.78. The number of fused-ring (bicyclic) bond motifs is 1. The Balaban J connectivity index is 1.43. The van der Waals surface area contributed by atoms with E-state index < -0.39 is 14.9 Å². The lowest BCUT2D eigenvalue weighted by Gasteiger charge is -2.30. The summed E-state index contributed by atoms with van der Waals surface area (Å²) < 4.78 is 32.7. The number of amides is 1. The van der Waals surface area contributed by atoms with E-state index in [0.29, 0.717) is 33.2 Å². The monoisotopic (exact) mass is 510 g/mol. The summed E-state index contributed by atoms with van der Waals surface area (Å²) in [5, 5.41) is 14.6. The average molecular weight is 511 g/mol. The maximum Gasteiger partial charge on any atom is 0.274 e. The number of halogens is 1. The summed E-state index contributed by atoms with van der Waals surface area (Å²) in [5.41, 5.74) is 0.294. The lowest BCUT2D eigenvalue weighted by Crippen LogP contribution is -2.41. The lowest BCUT2D eigenvalue weighted by atomic mass is 9.97. The minimum absolute atomic E-state index is 0.129. The summed E-state index contributed by atoms with van der Waals surface area (Å²) in [5.74, 6) is -0.410. The van der Waals surface area contributed by atoms with E-state index in [0.717, 1.165) is 11.3 Å². The largest absolute Gasteiger partial charge is 0.494 e. The number of carbonyl (C=O) groups excluding carboxylic acids is 1. The number of rotatable bonds is 6. The standard InChI is InChI=1S/C20H19ClN4O6S2/c1-31-16-10-14(25(27)28)11-17-18(16)22-20(32-17)23-19(26)12-6-8-24(9-7-12)33(29,30)15-4-2-13(21)3-5-15/h2-5,10-12H,6-9H2,1H3,(H,22,23,26). The molecule has 0 radical (unpaired) electrons. The fraction of sp³-hybridized carbons (Fsp3) is 0.300. The van der Waals surface area contributed by atoms with E-state index in [9.17, 15) is 23.3 Å². The Morgan fingerprint density at radius 1 is 1.27 bits per heavy atom. The third-order valence-corrected chi connectivity index (χ3v) is 8.46. The molecule has 174 valence electrons. The molecule has 2 aromatic carbocycles. The van der Waals surface area contributed by atoms with Crippen molar-refractivity contribution in [2.24, 2.45) is 5.92 Å². The number of anilines is 1. The van der Waals surface area contributed by atoms with Gasteiger partial charge in [0.2, 0.25) is 15.9 Å². The highest BCUT2D eigenvalue weighted by Gasteiger charge is 2.32. The molecule has 1 amide bonds. The number of nitrogens with one attached hydrogen (secondary N) is 1. The molecule has 1 aromatic heterocycles. The van der Waals surface area contributed by atoms with Crippen LogP contribution >= 0.6 is 22.9 Å². The molecule has 13 heteroatoms. The van der Waals surface area contributed by atoms with Gasteiger partial charge in [0.15, 0.2) is 10.9 Å². The topological polar surface area (TPSA) is 132 Å². The van der Waals surface area contributed by atoms with Crippen LogP contribution in [-0.2, 0) is 14.8 Å². The number of hydrogen-bond acceptors (Lipinski definition) is 8. The van der Waals surface area contributed by atoms with Crippen molar-refractivity contribution in [1.29, 1.82) is 0 Å². The second kappa shape index (κ2) is 9.21. The van der Waals surface area contributed by atoms with E-state index in [1.54, 1.807) is 0 Å². The molecule has 3 aromatic rings. The number of sulfonamides is 1. The number of nitro groups is 1. The fourth-order valence-corrected chi connectivity index (χ4v) is 6.14. The molecule has 10 nitrogen and oxygen atoms in total. The van der Waals surface area contributed by atoms with Gasteiger partial charge in [-0.2, -0.15) is 4.31 Å². The number of nitrogens with zero attached hydrogens (tertiary/aromatic N) is 3. The summed E-state index contributed by atoms with van der Waals surface area (Å²) in [7, 11) is -2.27. The normalized spacial score (nSPS) is 15.5. The van der Waals surface area contributed by atoms with E-state index >= 15 is 0 Å². The Labute approximate surface area is 198 Å². The molecule has 0 bridgehead atoms. The van der Waals surface area contributed by atoms with Crippen molar-refractivity contribution in [2.45, 2.75) is 17.7 Å². The van der Waals surface area contributed by atoms with E-state index in [2.05, 4.69) is 10.3 Å². The van der Waals surface area contributed by atoms with Gasteiger partial charge in [-0.05, 0) is 37.1 Å². The van der Waals surface area contributed by atoms with Crippen LogP contribution in [-0.4, -0.2) is 48.7 Å². The lowest BCUT2D eigenvalue weighted by molar-refractivity contribution is -0.384. The van der Waals surface area contributed by atoms with Gasteiger partial charge in [-0.15, -0.1) is 0 Å². The Morgan fingerprint density at radius 2 is 1.94 bits per heavy atom. The number of nitro benzene ring substituents is 1. The first-order chi connectivity index (χ1) is 15.7. The van der Waals surface area contributed by atoms with E-state index in [1.165, 1.54) is 47.8 Å². The number of aromatic nitrogens is 1. The van der Waals surface area contributed by atoms with Crippen LogP contribution in [0.25, 0.3) is 10.2 Å². The van der Waals surface area contributed by atoms with Crippen molar-refractivity contribution < 1.29 is 22.9 Å². The van der Waals surface area contributed by atoms with Crippen LogP contribution in [0, 0.1) is 16.0 Å². The Hall–Kier alpha value is -2.80. The summed E-state index contributed by atoms with van der Waals surface area (Å²) in [6.07, 6.45) is 0.719. The van der Waals surface area contributed by atoms with Gasteiger partial charge in [0.25, 0.3) is 5.69 Å². The number of methoxy groups -OCH3 is 1. The molecule has 1 aliphatic heterocycles. The summed E-state index contributed by atoms with van der Waals surface area (Å²) in [4.78, 5) is 27.9. The quantitative estimate of drug-likeness (QED) is 0.392. The first kappa shape index (κ1) is 23.4. The van der Waals surface area contributed by atoms with Gasteiger partial charge in [-0.25, -0.2) is 13.4 Å². The molecule has 33 heavy (non-hydrogen) atoms. The highest BCUT2D eigenvalue weighted by Crippen LogP contribution is 2.36. The Morgan fingerprint density at radius 3 is 2.55 bits per heavy atom. The van der Waals surface area contributed by atoms with Gasteiger partial charge in [0.05, 0.1) is 27.7 Å². The zero-order valence-corrected chi connectivity index (χ0v) is 19.7. The molecule has 0 aliphatic carbocycles. The van der Waals surface area contributed by atoms with Crippen molar-refractivity contribution in [3.8, 4) is 5.75 Å². The highest BCUT2D eigenvalue weighted by atomic mass is 35.5. The van der Waals surface area contributed by atoms with Crippen LogP contribution < -0.4 is 10.1 Å². The predicted molar refractivity (Wildman–Crippen MR) is 124 cm³/mol. The minimum atomic E-state index is -3.66. The second-order valence-corrected chi connectivity index (χ2v) is 10.8. The Kier molecular flexibility index (Phi) is 6.52. The van der Waals surface area contributed by atoms with Crippen LogP contribution in [0.1, 0.15) is 12.8 Å². The summed E-state index contributed by atoms with van der Waals surface area (Å²) in [6, 6.07) is 8.63. The van der Waals surface area contributed by atoms with Gasteiger partial charge < -0.3 is 10.1 Å². The molecule has 0 spiro atoms. The number of ether oxygens (including phenoxy) is 1. The highest BCUT2D eigenvalue weighted by molar-refractivity contribution is 7.89. The average Bonchev–Trinajstić information content (AvgIpc) is 3.21. The van der Waals surface area contributed by atoms with E-state index in [4.69, 9.17) is 16.3 Å². The van der Waals surface area contributed by atoms with Crippen LogP contribution in [0.4, 0.5) is 10.8 Å². The van der Waals surface area contributed by atoms with Gasteiger partial charge in [-0.3, -0.25) is 14.9 Å². The second-order valence-electron chi connectivity index (χ2n) is 7.39. The first-order valence-corrected chi connectivity index (χ1v) is 12.5. The van der Waals surface area contributed by atoms with Gasteiger partial charge >= 0.3 is 0 Å². The van der Waals surface area contributed by atoms with Crippen molar-refractivity contribution >= 4 is 59.9 Å². The van der Waals surface area contributed by atoms with Crippen molar-refractivity contribution in [2.75, 3.05) is 25.5 Å². The molecule has 1 saturated heterocycles. The smallest absolute Gasteiger partial charge is 0.274 e.